The Bertz CT molecular complexity index is 557. The number of hydrogen-bond acceptors (Lipinski definition) is 4. The van der Waals surface area contributed by atoms with Gasteiger partial charge < -0.3 is 24.4 Å². The number of nitrogens with one attached hydrogen (secondary N) is 1. The van der Waals surface area contributed by atoms with Crippen LogP contribution in [-0.2, 0) is 11.2 Å². The molecule has 140 valence electrons. The molecule has 6 nitrogen and oxygen atoms in total. The highest BCUT2D eigenvalue weighted by Gasteiger charge is 2.19. The van der Waals surface area contributed by atoms with E-state index < -0.39 is 0 Å². The second-order valence-electron chi connectivity index (χ2n) is 6.29. The largest absolute Gasteiger partial charge is 0.493 e. The van der Waals surface area contributed by atoms with Crippen LogP contribution in [-0.4, -0.2) is 65.0 Å². The number of hydrogen-bond donors (Lipinski definition) is 1. The Hall–Kier alpha value is -1.95. The highest BCUT2D eigenvalue weighted by Crippen LogP contribution is 2.27. The number of rotatable bonds is 8. The summed E-state index contributed by atoms with van der Waals surface area (Å²) in [5.74, 6) is 3.06. The first kappa shape index (κ1) is 19.4. The molecule has 1 N–H and O–H groups in total. The predicted molar refractivity (Wildman–Crippen MR) is 101 cm³/mol. The van der Waals surface area contributed by atoms with E-state index in [0.29, 0.717) is 5.92 Å². The summed E-state index contributed by atoms with van der Waals surface area (Å²) in [6, 6.07) is 6.01. The van der Waals surface area contributed by atoms with Gasteiger partial charge >= 0.3 is 0 Å². The first-order chi connectivity index (χ1) is 12.2. The monoisotopic (exact) mass is 349 g/mol. The van der Waals surface area contributed by atoms with E-state index in [1.165, 1.54) is 5.56 Å². The Kier molecular flexibility index (Phi) is 7.85. The second-order valence-corrected chi connectivity index (χ2v) is 6.29. The molecule has 1 aliphatic heterocycles. The molecule has 1 atom stereocenters. The van der Waals surface area contributed by atoms with Crippen LogP contribution in [0.5, 0.6) is 11.5 Å². The van der Waals surface area contributed by atoms with Gasteiger partial charge in [-0.2, -0.15) is 0 Å². The number of methoxy groups -OCH3 is 2. The normalized spacial score (nSPS) is 17.4. The highest BCUT2D eigenvalue weighted by molar-refractivity contribution is 5.79. The minimum absolute atomic E-state index is 0.597. The molecule has 1 aromatic rings. The van der Waals surface area contributed by atoms with Crippen LogP contribution in [0.15, 0.2) is 23.2 Å². The van der Waals surface area contributed by atoms with E-state index in [9.17, 15) is 0 Å². The van der Waals surface area contributed by atoms with Crippen molar-refractivity contribution in [3.63, 3.8) is 0 Å². The minimum atomic E-state index is 0.597. The maximum absolute atomic E-state index is 5.47. The van der Waals surface area contributed by atoms with Crippen molar-refractivity contribution in [1.29, 1.82) is 0 Å². The SMILES string of the molecule is CCNC(=NCCc1ccc(OC)c(OC)c1)N(C)CC1CCOC1. The molecule has 0 bridgehead atoms. The van der Waals surface area contributed by atoms with Gasteiger partial charge in [0.05, 0.1) is 20.8 Å². The summed E-state index contributed by atoms with van der Waals surface area (Å²) in [6.45, 7) is 6.39. The third kappa shape index (κ3) is 5.81. The predicted octanol–water partition coefficient (Wildman–Crippen LogP) is 2.18. The van der Waals surface area contributed by atoms with Crippen molar-refractivity contribution in [3.8, 4) is 11.5 Å². The molecule has 0 aliphatic carbocycles. The molecule has 1 fully saturated rings. The maximum Gasteiger partial charge on any atom is 0.193 e. The Balaban J connectivity index is 1.93. The lowest BCUT2D eigenvalue weighted by Gasteiger charge is -2.24. The Morgan fingerprint density at radius 3 is 2.76 bits per heavy atom. The third-order valence-corrected chi connectivity index (χ3v) is 4.36. The zero-order valence-electron chi connectivity index (χ0n) is 15.9. The first-order valence-corrected chi connectivity index (χ1v) is 8.96. The number of guanidine groups is 1. The van der Waals surface area contributed by atoms with Crippen molar-refractivity contribution in [2.75, 3.05) is 54.1 Å². The van der Waals surface area contributed by atoms with Crippen LogP contribution in [0.4, 0.5) is 0 Å². The van der Waals surface area contributed by atoms with E-state index in [1.807, 2.05) is 12.1 Å². The van der Waals surface area contributed by atoms with Crippen molar-refractivity contribution in [2.45, 2.75) is 19.8 Å². The smallest absolute Gasteiger partial charge is 0.193 e. The Morgan fingerprint density at radius 2 is 2.12 bits per heavy atom. The fraction of sp³-hybridized carbons (Fsp3) is 0.632. The number of benzene rings is 1. The van der Waals surface area contributed by atoms with Crippen molar-refractivity contribution in [1.82, 2.24) is 10.2 Å². The van der Waals surface area contributed by atoms with Crippen LogP contribution >= 0.6 is 0 Å². The summed E-state index contributed by atoms with van der Waals surface area (Å²) in [5.41, 5.74) is 1.18. The van der Waals surface area contributed by atoms with Crippen molar-refractivity contribution < 1.29 is 14.2 Å². The molecule has 0 spiro atoms. The molecule has 0 amide bonds. The summed E-state index contributed by atoms with van der Waals surface area (Å²) in [5, 5.41) is 3.37. The van der Waals surface area contributed by atoms with Gasteiger partial charge in [0.1, 0.15) is 0 Å². The van der Waals surface area contributed by atoms with E-state index in [0.717, 1.165) is 63.1 Å². The van der Waals surface area contributed by atoms with Crippen LogP contribution < -0.4 is 14.8 Å². The molecule has 25 heavy (non-hydrogen) atoms. The minimum Gasteiger partial charge on any atom is -0.493 e. The van der Waals surface area contributed by atoms with Crippen LogP contribution in [0.3, 0.4) is 0 Å². The van der Waals surface area contributed by atoms with Gasteiger partial charge in [-0.1, -0.05) is 6.07 Å². The number of ether oxygens (including phenoxy) is 3. The topological polar surface area (TPSA) is 55.3 Å². The molecule has 1 saturated heterocycles. The van der Waals surface area contributed by atoms with E-state index in [-0.39, 0.29) is 0 Å². The molecule has 1 heterocycles. The molecule has 1 aliphatic rings. The van der Waals surface area contributed by atoms with Gasteiger partial charge in [-0.25, -0.2) is 0 Å². The zero-order valence-corrected chi connectivity index (χ0v) is 15.9. The van der Waals surface area contributed by atoms with Crippen LogP contribution in [0.1, 0.15) is 18.9 Å². The maximum atomic E-state index is 5.47. The fourth-order valence-corrected chi connectivity index (χ4v) is 3.00. The molecular formula is C19H31N3O3. The molecule has 0 saturated carbocycles. The summed E-state index contributed by atoms with van der Waals surface area (Å²) in [7, 11) is 5.40. The molecule has 6 heteroatoms. The van der Waals surface area contributed by atoms with Crippen molar-refractivity contribution in [3.05, 3.63) is 23.8 Å². The lowest BCUT2D eigenvalue weighted by atomic mass is 10.1. The summed E-state index contributed by atoms with van der Waals surface area (Å²) in [4.78, 5) is 6.97. The number of aliphatic imine (C=N–C) groups is 1. The quantitative estimate of drug-likeness (QED) is 0.576. The van der Waals surface area contributed by atoms with Crippen LogP contribution in [0.2, 0.25) is 0 Å². The standard InChI is InChI=1S/C19H31N3O3/c1-5-20-19(22(2)13-16-9-11-25-14-16)21-10-8-15-6-7-17(23-3)18(12-15)24-4/h6-7,12,16H,5,8-11,13-14H2,1-4H3,(H,20,21). The highest BCUT2D eigenvalue weighted by atomic mass is 16.5. The Labute approximate surface area is 151 Å². The fourth-order valence-electron chi connectivity index (χ4n) is 3.00. The average molecular weight is 349 g/mol. The van der Waals surface area contributed by atoms with Crippen LogP contribution in [0, 0.1) is 5.92 Å². The van der Waals surface area contributed by atoms with E-state index >= 15 is 0 Å². The van der Waals surface area contributed by atoms with Gasteiger partial charge in [0.15, 0.2) is 17.5 Å². The van der Waals surface area contributed by atoms with Crippen molar-refractivity contribution >= 4 is 5.96 Å². The number of nitrogens with zero attached hydrogens (tertiary/aromatic N) is 2. The molecular weight excluding hydrogens is 318 g/mol. The Morgan fingerprint density at radius 1 is 1.32 bits per heavy atom. The second kappa shape index (κ2) is 10.1. The molecule has 1 aromatic carbocycles. The van der Waals surface area contributed by atoms with Crippen LogP contribution in [0.25, 0.3) is 0 Å². The van der Waals surface area contributed by atoms with E-state index in [2.05, 4.69) is 30.3 Å². The third-order valence-electron chi connectivity index (χ3n) is 4.36. The first-order valence-electron chi connectivity index (χ1n) is 8.96. The van der Waals surface area contributed by atoms with Gasteiger partial charge in [0.25, 0.3) is 0 Å². The molecule has 0 radical (unpaired) electrons. The summed E-state index contributed by atoms with van der Waals surface area (Å²) < 4.78 is 16.1. The molecule has 0 aromatic heterocycles. The van der Waals surface area contributed by atoms with Crippen molar-refractivity contribution in [2.24, 2.45) is 10.9 Å². The lowest BCUT2D eigenvalue weighted by molar-refractivity contribution is 0.181. The van der Waals surface area contributed by atoms with Gasteiger partial charge in [0.2, 0.25) is 0 Å². The zero-order chi connectivity index (χ0) is 18.1. The average Bonchev–Trinajstić information content (AvgIpc) is 3.13. The van der Waals surface area contributed by atoms with E-state index in [4.69, 9.17) is 19.2 Å². The van der Waals surface area contributed by atoms with Gasteiger partial charge in [-0.05, 0) is 37.5 Å². The van der Waals surface area contributed by atoms with Gasteiger partial charge in [-0.15, -0.1) is 0 Å². The summed E-state index contributed by atoms with van der Waals surface area (Å²) in [6.07, 6.45) is 1.99. The van der Waals surface area contributed by atoms with Gasteiger partial charge in [0, 0.05) is 39.2 Å². The molecule has 2 rings (SSSR count). The summed E-state index contributed by atoms with van der Waals surface area (Å²) >= 11 is 0. The van der Waals surface area contributed by atoms with Gasteiger partial charge in [-0.3, -0.25) is 4.99 Å². The van der Waals surface area contributed by atoms with E-state index in [1.54, 1.807) is 14.2 Å². The lowest BCUT2D eigenvalue weighted by Crippen LogP contribution is -2.41. The molecule has 1 unspecified atom stereocenters.